The number of carbonyl (C=O) groups is 2. The standard InChI is InChI=1S/C54H107NO8Si/c1-7-10-13-16-19-22-24-25-28-30-33-36-39-47(38-35-32-29-27-23-20-17-14-11-8-2)54(59)63-53-49(45-61-50(44-56)52(53)58)55-51(57)43-48(62-46-60-41-42-64(4,5)6)40-37-34-31-26-21-18-15-12-9-3/h47-50,52-53,56,58H,7-46H2,1-6H3,(H,55,57)/t47-,48+,49+,50+,52+,53+/m0/s1. The summed E-state index contributed by atoms with van der Waals surface area (Å²) in [7, 11) is -1.24. The van der Waals surface area contributed by atoms with Crippen molar-refractivity contribution >= 4 is 20.0 Å². The van der Waals surface area contributed by atoms with E-state index in [1.165, 1.54) is 161 Å². The van der Waals surface area contributed by atoms with Gasteiger partial charge in [-0.2, -0.15) is 0 Å². The topological polar surface area (TPSA) is 124 Å². The van der Waals surface area contributed by atoms with Crippen LogP contribution in [0, 0.1) is 5.92 Å². The Morgan fingerprint density at radius 3 is 1.44 bits per heavy atom. The molecule has 64 heavy (non-hydrogen) atoms. The van der Waals surface area contributed by atoms with Gasteiger partial charge >= 0.3 is 5.97 Å². The molecule has 0 unspecified atom stereocenters. The number of rotatable bonds is 46. The monoisotopic (exact) mass is 926 g/mol. The number of ether oxygens (including phenoxy) is 4. The van der Waals surface area contributed by atoms with E-state index in [1.54, 1.807) is 0 Å². The van der Waals surface area contributed by atoms with E-state index < -0.39 is 39.0 Å². The second kappa shape index (κ2) is 42.1. The average Bonchev–Trinajstić information content (AvgIpc) is 3.26. The molecular formula is C54H107NO8Si. The Kier molecular flexibility index (Phi) is 40.1. The Bertz CT molecular complexity index is 1060. The molecule has 1 aliphatic rings. The molecule has 0 aromatic rings. The van der Waals surface area contributed by atoms with Crippen molar-refractivity contribution in [1.29, 1.82) is 0 Å². The van der Waals surface area contributed by atoms with Crippen molar-refractivity contribution in [3.63, 3.8) is 0 Å². The van der Waals surface area contributed by atoms with E-state index in [-0.39, 0.29) is 43.7 Å². The second-order valence-corrected chi connectivity index (χ2v) is 26.5. The maximum atomic E-state index is 14.1. The molecule has 6 atom stereocenters. The molecule has 1 heterocycles. The van der Waals surface area contributed by atoms with Gasteiger partial charge in [0.2, 0.25) is 5.91 Å². The van der Waals surface area contributed by atoms with Crippen LogP contribution in [0.3, 0.4) is 0 Å². The summed E-state index contributed by atoms with van der Waals surface area (Å²) in [6, 6.07) is 0.318. The summed E-state index contributed by atoms with van der Waals surface area (Å²) in [5.41, 5.74) is 0. The number of esters is 1. The lowest BCUT2D eigenvalue weighted by atomic mass is 9.93. The summed E-state index contributed by atoms with van der Waals surface area (Å²) in [6.07, 6.45) is 37.6. The minimum absolute atomic E-state index is 0.0391. The molecule has 380 valence electrons. The highest BCUT2D eigenvalue weighted by Gasteiger charge is 2.43. The van der Waals surface area contributed by atoms with Gasteiger partial charge in [0, 0.05) is 14.7 Å². The van der Waals surface area contributed by atoms with Gasteiger partial charge < -0.3 is 34.5 Å². The molecule has 1 amide bonds. The predicted octanol–water partition coefficient (Wildman–Crippen LogP) is 14.2. The molecule has 10 heteroatoms. The van der Waals surface area contributed by atoms with E-state index >= 15 is 0 Å². The summed E-state index contributed by atoms with van der Waals surface area (Å²) in [5, 5.41) is 24.5. The Morgan fingerprint density at radius 1 is 0.625 bits per heavy atom. The Labute approximate surface area is 396 Å². The number of hydrogen-bond donors (Lipinski definition) is 3. The maximum absolute atomic E-state index is 14.1. The fourth-order valence-corrected chi connectivity index (χ4v) is 9.76. The number of amides is 1. The summed E-state index contributed by atoms with van der Waals surface area (Å²) >= 11 is 0. The van der Waals surface area contributed by atoms with E-state index in [0.717, 1.165) is 63.8 Å². The summed E-state index contributed by atoms with van der Waals surface area (Å²) in [5.74, 6) is -0.792. The molecule has 1 rings (SSSR count). The van der Waals surface area contributed by atoms with Gasteiger partial charge in [-0.1, -0.05) is 239 Å². The van der Waals surface area contributed by atoms with Crippen molar-refractivity contribution in [2.24, 2.45) is 5.92 Å². The third-order valence-electron chi connectivity index (χ3n) is 13.5. The van der Waals surface area contributed by atoms with Gasteiger partial charge in [0.15, 0.2) is 6.10 Å². The average molecular weight is 927 g/mol. The molecule has 0 saturated carbocycles. The van der Waals surface area contributed by atoms with Crippen LogP contribution in [0.5, 0.6) is 0 Å². The minimum Gasteiger partial charge on any atom is -0.457 e. The molecule has 1 fully saturated rings. The SMILES string of the molecule is CCCCCCCCCCCCCC[C@H](CCCCCCCCCCCC)C(=O)O[C@H]1[C@H](O)[C@@H](CO)OC[C@H]1NC(=O)C[C@@H](CCCCCCCCCCC)OCOCC[Si](C)(C)C. The molecule has 3 N–H and O–H groups in total. The Morgan fingerprint density at radius 2 is 1.03 bits per heavy atom. The molecule has 1 saturated heterocycles. The van der Waals surface area contributed by atoms with E-state index in [0.29, 0.717) is 6.61 Å². The van der Waals surface area contributed by atoms with Gasteiger partial charge in [0.25, 0.3) is 0 Å². The zero-order valence-corrected chi connectivity index (χ0v) is 44.1. The van der Waals surface area contributed by atoms with Crippen molar-refractivity contribution in [3.8, 4) is 0 Å². The van der Waals surface area contributed by atoms with Gasteiger partial charge in [0.1, 0.15) is 19.0 Å². The largest absolute Gasteiger partial charge is 0.457 e. The first-order valence-corrected chi connectivity index (χ1v) is 31.4. The second-order valence-electron chi connectivity index (χ2n) is 20.9. The van der Waals surface area contributed by atoms with Crippen molar-refractivity contribution in [1.82, 2.24) is 5.32 Å². The lowest BCUT2D eigenvalue weighted by Crippen LogP contribution is -2.61. The Hall–Kier alpha value is -1.04. The first-order valence-electron chi connectivity index (χ1n) is 27.7. The van der Waals surface area contributed by atoms with Crippen LogP contribution in [-0.4, -0.2) is 87.2 Å². The summed E-state index contributed by atoms with van der Waals surface area (Å²) in [6.45, 7) is 14.2. The highest BCUT2D eigenvalue weighted by Crippen LogP contribution is 2.26. The summed E-state index contributed by atoms with van der Waals surface area (Å²) < 4.78 is 24.1. The van der Waals surface area contributed by atoms with Crippen molar-refractivity contribution in [3.05, 3.63) is 0 Å². The van der Waals surface area contributed by atoms with E-state index in [4.69, 9.17) is 18.9 Å². The number of aliphatic hydroxyl groups excluding tert-OH is 2. The minimum atomic E-state index is -1.26. The normalized spacial score (nSPS) is 18.9. The molecule has 0 bridgehead atoms. The predicted molar refractivity (Wildman–Crippen MR) is 271 cm³/mol. The molecule has 0 aromatic carbocycles. The lowest BCUT2D eigenvalue weighted by Gasteiger charge is -2.40. The van der Waals surface area contributed by atoms with Crippen molar-refractivity contribution < 1.29 is 38.7 Å². The quantitative estimate of drug-likeness (QED) is 0.0239. The third-order valence-corrected chi connectivity index (χ3v) is 15.2. The van der Waals surface area contributed by atoms with Crippen LogP contribution in [-0.2, 0) is 28.5 Å². The van der Waals surface area contributed by atoms with Crippen LogP contribution in [0.4, 0.5) is 0 Å². The van der Waals surface area contributed by atoms with E-state index in [9.17, 15) is 19.8 Å². The van der Waals surface area contributed by atoms with E-state index in [1.807, 2.05) is 0 Å². The number of carbonyl (C=O) groups excluding carboxylic acids is 2. The van der Waals surface area contributed by atoms with Gasteiger partial charge in [-0.3, -0.25) is 9.59 Å². The zero-order chi connectivity index (χ0) is 46.9. The van der Waals surface area contributed by atoms with E-state index in [2.05, 4.69) is 45.7 Å². The van der Waals surface area contributed by atoms with Crippen LogP contribution in [0.25, 0.3) is 0 Å². The molecule has 0 spiro atoms. The van der Waals surface area contributed by atoms with Crippen molar-refractivity contribution in [2.75, 3.05) is 26.6 Å². The Balaban J connectivity index is 2.87. The smallest absolute Gasteiger partial charge is 0.309 e. The summed E-state index contributed by atoms with van der Waals surface area (Å²) in [4.78, 5) is 27.8. The van der Waals surface area contributed by atoms with Gasteiger partial charge in [-0.15, -0.1) is 0 Å². The van der Waals surface area contributed by atoms with Crippen LogP contribution in [0.1, 0.15) is 245 Å². The fraction of sp³-hybridized carbons (Fsp3) is 0.963. The number of hydrogen-bond acceptors (Lipinski definition) is 8. The van der Waals surface area contributed by atoms with Crippen LogP contribution < -0.4 is 5.32 Å². The molecule has 0 aliphatic carbocycles. The molecular weight excluding hydrogens is 819 g/mol. The van der Waals surface area contributed by atoms with Crippen molar-refractivity contribution in [2.45, 2.75) is 302 Å². The number of nitrogens with one attached hydrogen (secondary N) is 1. The molecule has 0 aromatic heterocycles. The highest BCUT2D eigenvalue weighted by atomic mass is 28.3. The first kappa shape index (κ1) is 61.0. The number of unbranched alkanes of at least 4 members (excludes halogenated alkanes) is 28. The zero-order valence-electron chi connectivity index (χ0n) is 43.1. The number of aliphatic hydroxyl groups is 2. The fourth-order valence-electron chi connectivity index (χ4n) is 9.01. The maximum Gasteiger partial charge on any atom is 0.309 e. The molecule has 0 radical (unpaired) electrons. The highest BCUT2D eigenvalue weighted by molar-refractivity contribution is 6.76. The van der Waals surface area contributed by atoms with Crippen LogP contribution in [0.2, 0.25) is 25.7 Å². The molecule has 9 nitrogen and oxygen atoms in total. The van der Waals surface area contributed by atoms with Crippen LogP contribution in [0.15, 0.2) is 0 Å². The third kappa shape index (κ3) is 34.3. The lowest BCUT2D eigenvalue weighted by molar-refractivity contribution is -0.194. The van der Waals surface area contributed by atoms with Gasteiger partial charge in [0.05, 0.1) is 37.7 Å². The van der Waals surface area contributed by atoms with Gasteiger partial charge in [-0.05, 0) is 25.3 Å². The van der Waals surface area contributed by atoms with Crippen LogP contribution >= 0.6 is 0 Å². The first-order chi connectivity index (χ1) is 31.1. The molecule has 1 aliphatic heterocycles. The van der Waals surface area contributed by atoms with Gasteiger partial charge in [-0.25, -0.2) is 0 Å².